The fourth-order valence-electron chi connectivity index (χ4n) is 6.04. The molecule has 0 amide bonds. The molecule has 6 aromatic carbocycles. The van der Waals surface area contributed by atoms with Gasteiger partial charge in [0.25, 0.3) is 0 Å². The normalized spacial score (nSPS) is 13.1. The molecule has 234 valence electrons. The van der Waals surface area contributed by atoms with E-state index in [1.54, 1.807) is 0 Å². The maximum Gasteiger partial charge on any atom is 0.0473 e. The minimum Gasteiger partial charge on any atom is -0.349 e. The largest absolute Gasteiger partial charge is 0.349 e. The molecule has 0 saturated heterocycles. The zero-order chi connectivity index (χ0) is 33.0. The molecule has 1 aliphatic rings. The monoisotopic (exact) mass is 631 g/mol. The number of nitrogens with two attached hydrogens (primary N) is 1. The second-order valence-corrected chi connectivity index (χ2v) is 12.5. The van der Waals surface area contributed by atoms with E-state index in [9.17, 15) is 0 Å². The Morgan fingerprint density at radius 3 is 1.79 bits per heavy atom. The summed E-state index contributed by atoms with van der Waals surface area (Å²) in [5.41, 5.74) is 12.7. The fraction of sp³-hybridized carbons (Fsp3) is 0.0930. The van der Waals surface area contributed by atoms with Crippen LogP contribution >= 0.6 is 8.58 Å². The number of nitrogens with one attached hydrogen (secondary N) is 1. The lowest BCUT2D eigenvalue weighted by Crippen LogP contribution is -2.14. The average Bonchev–Trinajstić information content (AvgIpc) is 3.55. The van der Waals surface area contributed by atoms with Gasteiger partial charge in [-0.1, -0.05) is 160 Å². The Labute approximate surface area is 280 Å². The minimum atomic E-state index is 0.624. The molecule has 1 atom stereocenters. The Hall–Kier alpha value is -5.08. The van der Waals surface area contributed by atoms with Gasteiger partial charge in [-0.25, -0.2) is 0 Å². The second-order valence-electron chi connectivity index (χ2n) is 11.2. The van der Waals surface area contributed by atoms with E-state index in [1.165, 1.54) is 72.6 Å². The third-order valence-electron chi connectivity index (χ3n) is 8.21. The number of hydrogen-bond donors (Lipinski definition) is 2. The summed E-state index contributed by atoms with van der Waals surface area (Å²) in [5.74, 6) is 0. The van der Waals surface area contributed by atoms with Crippen LogP contribution in [0.25, 0.3) is 38.2 Å². The predicted molar refractivity (Wildman–Crippen MR) is 208 cm³/mol. The van der Waals surface area contributed by atoms with Crippen molar-refractivity contribution in [3.05, 3.63) is 175 Å². The molecule has 0 spiro atoms. The molecule has 1 unspecified atom stereocenters. The van der Waals surface area contributed by atoms with E-state index in [0.29, 0.717) is 8.58 Å². The Morgan fingerprint density at radius 2 is 1.11 bits per heavy atom. The first kappa shape index (κ1) is 33.3. The van der Waals surface area contributed by atoms with Crippen molar-refractivity contribution in [2.75, 3.05) is 7.05 Å². The van der Waals surface area contributed by atoms with Crippen molar-refractivity contribution in [1.29, 1.82) is 5.41 Å². The first-order valence-electron chi connectivity index (χ1n) is 15.9. The van der Waals surface area contributed by atoms with Crippen LogP contribution in [-0.4, -0.2) is 18.3 Å². The van der Waals surface area contributed by atoms with E-state index >= 15 is 0 Å². The number of rotatable bonds is 2. The average molecular weight is 632 g/mol. The molecule has 0 saturated carbocycles. The first-order chi connectivity index (χ1) is 23.2. The highest BCUT2D eigenvalue weighted by molar-refractivity contribution is 7.56. The molecule has 0 bridgehead atoms. The van der Waals surface area contributed by atoms with Crippen molar-refractivity contribution in [1.82, 2.24) is 4.57 Å². The van der Waals surface area contributed by atoms with Crippen LogP contribution in [-0.2, 0) is 13.0 Å². The van der Waals surface area contributed by atoms with Crippen molar-refractivity contribution in [2.24, 2.45) is 5.73 Å². The number of benzene rings is 6. The molecule has 0 fully saturated rings. The Morgan fingerprint density at radius 1 is 0.596 bits per heavy atom. The van der Waals surface area contributed by atoms with Crippen molar-refractivity contribution >= 4 is 53.0 Å². The molecule has 1 aromatic heterocycles. The number of nitrogens with zero attached hydrogens (tertiary/aromatic N) is 1. The van der Waals surface area contributed by atoms with E-state index in [4.69, 9.17) is 5.41 Å². The van der Waals surface area contributed by atoms with E-state index in [0.717, 1.165) is 13.0 Å². The summed E-state index contributed by atoms with van der Waals surface area (Å²) >= 11 is 0. The third kappa shape index (κ3) is 8.02. The maximum absolute atomic E-state index is 5.50. The van der Waals surface area contributed by atoms with Crippen molar-refractivity contribution in [3.8, 4) is 11.1 Å². The van der Waals surface area contributed by atoms with E-state index in [2.05, 4.69) is 182 Å². The van der Waals surface area contributed by atoms with Gasteiger partial charge in [-0.15, -0.1) is 0 Å². The van der Waals surface area contributed by atoms with Crippen LogP contribution < -0.4 is 16.3 Å². The minimum absolute atomic E-state index is 0.624. The van der Waals surface area contributed by atoms with Gasteiger partial charge in [0.05, 0.1) is 0 Å². The number of aryl methyl sites for hydroxylation is 1. The molecule has 7 aromatic rings. The molecule has 0 radical (unpaired) electrons. The summed E-state index contributed by atoms with van der Waals surface area (Å²) in [4.78, 5) is 0. The number of fused-ring (bicyclic) bond motifs is 6. The number of aromatic nitrogens is 1. The van der Waals surface area contributed by atoms with Gasteiger partial charge >= 0.3 is 0 Å². The number of hydrogen-bond acceptors (Lipinski definition) is 2. The quantitative estimate of drug-likeness (QED) is 0.145. The highest BCUT2D eigenvalue weighted by Crippen LogP contribution is 2.31. The lowest BCUT2D eigenvalue weighted by molar-refractivity contribution is 0.847. The van der Waals surface area contributed by atoms with Crippen LogP contribution in [0.2, 0.25) is 0 Å². The molecular weight excluding hydrogens is 589 g/mol. The highest BCUT2D eigenvalue weighted by Gasteiger charge is 2.15. The van der Waals surface area contributed by atoms with Gasteiger partial charge < -0.3 is 15.7 Å². The van der Waals surface area contributed by atoms with E-state index < -0.39 is 0 Å². The third-order valence-corrected chi connectivity index (χ3v) is 9.62. The van der Waals surface area contributed by atoms with Crippen molar-refractivity contribution < 1.29 is 0 Å². The highest BCUT2D eigenvalue weighted by atomic mass is 31.1. The number of allylic oxidation sites excluding steroid dienone is 2. The van der Waals surface area contributed by atoms with Gasteiger partial charge in [-0.05, 0) is 87.1 Å². The SMILES string of the molecule is C1=C(/Cn2cc3ccccc3c2)c2ccccc2Pc2ccccc2-c2ccccc2C/1.C=N.CN.Cc1ccc2ccccc2c1. The van der Waals surface area contributed by atoms with Crippen LogP contribution in [0.4, 0.5) is 0 Å². The molecule has 47 heavy (non-hydrogen) atoms. The molecular formula is C43H42N3P. The van der Waals surface area contributed by atoms with Crippen molar-refractivity contribution in [2.45, 2.75) is 19.9 Å². The van der Waals surface area contributed by atoms with Gasteiger partial charge in [-0.3, -0.25) is 0 Å². The lowest BCUT2D eigenvalue weighted by Gasteiger charge is -2.19. The maximum atomic E-state index is 5.50. The lowest BCUT2D eigenvalue weighted by atomic mass is 9.95. The summed E-state index contributed by atoms with van der Waals surface area (Å²) in [6.45, 7) is 5.49. The van der Waals surface area contributed by atoms with Gasteiger partial charge in [0.2, 0.25) is 0 Å². The van der Waals surface area contributed by atoms with Crippen molar-refractivity contribution in [3.63, 3.8) is 0 Å². The van der Waals surface area contributed by atoms with Crippen LogP contribution in [0.5, 0.6) is 0 Å². The summed E-state index contributed by atoms with van der Waals surface area (Å²) in [7, 11) is 2.12. The van der Waals surface area contributed by atoms with Gasteiger partial charge in [-0.2, -0.15) is 0 Å². The summed E-state index contributed by atoms with van der Waals surface area (Å²) in [6.07, 6.45) is 7.91. The zero-order valence-electron chi connectivity index (χ0n) is 27.2. The molecule has 3 nitrogen and oxygen atoms in total. The van der Waals surface area contributed by atoms with Gasteiger partial charge in [0.15, 0.2) is 0 Å². The first-order valence-corrected chi connectivity index (χ1v) is 16.9. The van der Waals surface area contributed by atoms with Crippen LogP contribution in [0, 0.1) is 12.3 Å². The van der Waals surface area contributed by atoms with Gasteiger partial charge in [0.1, 0.15) is 0 Å². The standard InChI is InChI=1S/C30H24NP.C11H10.CH5N.CH3N/c1-2-11-24-20-31(19-23(24)10-1)21-25-18-17-22-9-3-4-12-26(22)28-14-6-8-16-30(28)32-29-15-7-5-13-27(25)29;1-9-6-7-10-4-2-3-5-11(10)8-9;2*1-2/h1-16,18-20,32H,17,21H2;2-8H,1H3;2H2,1H3;2H,1H2/b25-18-;;;. The predicted octanol–water partition coefficient (Wildman–Crippen LogP) is 9.57. The van der Waals surface area contributed by atoms with Crippen LogP contribution in [0.3, 0.4) is 0 Å². The van der Waals surface area contributed by atoms with Crippen LogP contribution in [0.1, 0.15) is 16.7 Å². The second kappa shape index (κ2) is 16.5. The van der Waals surface area contributed by atoms with Crippen LogP contribution in [0.15, 0.2) is 158 Å². The Bertz CT molecular complexity index is 2070. The molecule has 1 aliphatic heterocycles. The van der Waals surface area contributed by atoms with E-state index in [1.807, 2.05) is 0 Å². The zero-order valence-corrected chi connectivity index (χ0v) is 28.2. The van der Waals surface area contributed by atoms with Gasteiger partial charge in [0, 0.05) is 18.9 Å². The topological polar surface area (TPSA) is 54.8 Å². The molecule has 0 aliphatic carbocycles. The smallest absolute Gasteiger partial charge is 0.0473 e. The molecule has 8 rings (SSSR count). The summed E-state index contributed by atoms with van der Waals surface area (Å²) in [5, 5.41) is 13.6. The fourth-order valence-corrected chi connectivity index (χ4v) is 7.42. The summed E-state index contributed by atoms with van der Waals surface area (Å²) in [6, 6.07) is 50.3. The molecule has 4 heteroatoms. The Balaban J connectivity index is 0.000000242. The van der Waals surface area contributed by atoms with E-state index in [-0.39, 0.29) is 0 Å². The summed E-state index contributed by atoms with van der Waals surface area (Å²) < 4.78 is 2.34. The molecule has 2 heterocycles. The Kier molecular flexibility index (Phi) is 11.7. The molecule has 3 N–H and O–H groups in total.